The number of carbonyl (C=O) groups is 2. The van der Waals surface area contributed by atoms with Crippen LogP contribution >= 0.6 is 0 Å². The first-order valence-corrected chi connectivity index (χ1v) is 7.34. The molecule has 0 N–H and O–H groups in total. The Bertz CT molecular complexity index is 529. The highest BCUT2D eigenvalue weighted by Gasteiger charge is 2.33. The molecule has 1 aliphatic carbocycles. The van der Waals surface area contributed by atoms with Crippen LogP contribution in [0, 0.1) is 5.92 Å². The highest BCUT2D eigenvalue weighted by Crippen LogP contribution is 2.33. The van der Waals surface area contributed by atoms with Crippen molar-refractivity contribution in [1.29, 1.82) is 0 Å². The molecule has 1 atom stereocenters. The molecule has 1 amide bonds. The lowest BCUT2D eigenvalue weighted by Crippen LogP contribution is -2.37. The molecule has 104 valence electrons. The number of hydrogen-bond acceptors (Lipinski definition) is 2. The molecule has 1 aliphatic heterocycles. The molecule has 2 aliphatic rings. The average Bonchev–Trinajstić information content (AvgIpc) is 3.02. The zero-order valence-electron chi connectivity index (χ0n) is 11.5. The summed E-state index contributed by atoms with van der Waals surface area (Å²) in [6, 6.07) is 9.71. The highest BCUT2D eigenvalue weighted by atomic mass is 16.2. The lowest BCUT2D eigenvalue weighted by atomic mass is 9.95. The van der Waals surface area contributed by atoms with E-state index in [-0.39, 0.29) is 23.7 Å². The van der Waals surface area contributed by atoms with Crippen LogP contribution in [0.4, 0.5) is 0 Å². The van der Waals surface area contributed by atoms with E-state index in [1.54, 1.807) is 11.1 Å². The summed E-state index contributed by atoms with van der Waals surface area (Å²) in [5.41, 5.74) is 1.04. The van der Waals surface area contributed by atoms with Crippen molar-refractivity contribution >= 4 is 11.7 Å². The Hall–Kier alpha value is -1.90. The van der Waals surface area contributed by atoms with E-state index in [9.17, 15) is 9.59 Å². The molecular weight excluding hydrogens is 250 g/mol. The van der Waals surface area contributed by atoms with Gasteiger partial charge in [0.15, 0.2) is 5.78 Å². The fraction of sp³-hybridized carbons (Fsp3) is 0.412. The summed E-state index contributed by atoms with van der Waals surface area (Å²) < 4.78 is 0. The summed E-state index contributed by atoms with van der Waals surface area (Å²) in [5, 5.41) is 0. The minimum atomic E-state index is -0.137. The predicted octanol–water partition coefficient (Wildman–Crippen LogP) is 3.23. The second kappa shape index (κ2) is 5.61. The van der Waals surface area contributed by atoms with Gasteiger partial charge in [-0.15, -0.1) is 0 Å². The quantitative estimate of drug-likeness (QED) is 0.826. The van der Waals surface area contributed by atoms with Gasteiger partial charge >= 0.3 is 0 Å². The van der Waals surface area contributed by atoms with Crippen molar-refractivity contribution < 1.29 is 9.59 Å². The van der Waals surface area contributed by atoms with Crippen LogP contribution in [0.25, 0.3) is 0 Å². The van der Waals surface area contributed by atoms with Gasteiger partial charge in [-0.25, -0.2) is 0 Å². The summed E-state index contributed by atoms with van der Waals surface area (Å²) in [6.07, 6.45) is 7.86. The Morgan fingerprint density at radius 1 is 1.10 bits per heavy atom. The minimum Gasteiger partial charge on any atom is -0.311 e. The molecule has 1 unspecified atom stereocenters. The Labute approximate surface area is 119 Å². The number of carbonyl (C=O) groups excluding carboxylic acids is 2. The molecule has 1 fully saturated rings. The number of allylic oxidation sites excluding steroid dienone is 1. The van der Waals surface area contributed by atoms with Crippen LogP contribution in [-0.4, -0.2) is 16.6 Å². The van der Waals surface area contributed by atoms with Gasteiger partial charge in [0.05, 0.1) is 6.04 Å². The molecule has 1 aromatic carbocycles. The highest BCUT2D eigenvalue weighted by molar-refractivity contribution is 5.93. The predicted molar refractivity (Wildman–Crippen MR) is 76.8 cm³/mol. The van der Waals surface area contributed by atoms with Crippen LogP contribution < -0.4 is 0 Å². The number of nitrogens with zero attached hydrogens (tertiary/aromatic N) is 1. The van der Waals surface area contributed by atoms with Crippen LogP contribution in [0.15, 0.2) is 42.6 Å². The van der Waals surface area contributed by atoms with Gasteiger partial charge in [0.2, 0.25) is 5.91 Å². The van der Waals surface area contributed by atoms with E-state index in [0.29, 0.717) is 6.42 Å². The molecule has 1 heterocycles. The van der Waals surface area contributed by atoms with Gasteiger partial charge in [-0.2, -0.15) is 0 Å². The number of hydrogen-bond donors (Lipinski definition) is 0. The molecule has 0 saturated heterocycles. The van der Waals surface area contributed by atoms with Crippen LogP contribution in [0.3, 0.4) is 0 Å². The van der Waals surface area contributed by atoms with Crippen LogP contribution in [0.5, 0.6) is 0 Å². The largest absolute Gasteiger partial charge is 0.311 e. The molecule has 3 rings (SSSR count). The maximum Gasteiger partial charge on any atom is 0.230 e. The Kier molecular flexibility index (Phi) is 3.68. The number of benzene rings is 1. The van der Waals surface area contributed by atoms with Gasteiger partial charge in [0.1, 0.15) is 0 Å². The molecule has 3 nitrogen and oxygen atoms in total. The number of rotatable bonds is 2. The SMILES string of the molecule is O=C1C=CN(C(=O)C2CCCC2)C(c2ccccc2)C1. The lowest BCUT2D eigenvalue weighted by Gasteiger charge is -2.33. The number of amides is 1. The Morgan fingerprint density at radius 2 is 1.80 bits per heavy atom. The van der Waals surface area contributed by atoms with E-state index in [1.165, 1.54) is 6.08 Å². The van der Waals surface area contributed by atoms with Gasteiger partial charge in [-0.3, -0.25) is 9.59 Å². The molecule has 0 radical (unpaired) electrons. The zero-order chi connectivity index (χ0) is 13.9. The first-order chi connectivity index (χ1) is 9.75. The van der Waals surface area contributed by atoms with Crippen molar-refractivity contribution in [3.05, 3.63) is 48.2 Å². The second-order valence-corrected chi connectivity index (χ2v) is 5.64. The van der Waals surface area contributed by atoms with Crippen LogP contribution in [-0.2, 0) is 9.59 Å². The standard InChI is InChI=1S/C17H19NO2/c19-15-10-11-18(17(20)14-8-4-5-9-14)16(12-15)13-6-2-1-3-7-13/h1-3,6-7,10-11,14,16H,4-5,8-9,12H2. The van der Waals surface area contributed by atoms with Crippen molar-refractivity contribution in [2.24, 2.45) is 5.92 Å². The fourth-order valence-corrected chi connectivity index (χ4v) is 3.19. The molecule has 1 saturated carbocycles. The monoisotopic (exact) mass is 269 g/mol. The van der Waals surface area contributed by atoms with Crippen molar-refractivity contribution in [1.82, 2.24) is 4.90 Å². The normalized spacial score (nSPS) is 23.3. The summed E-state index contributed by atoms with van der Waals surface area (Å²) in [7, 11) is 0. The summed E-state index contributed by atoms with van der Waals surface area (Å²) in [6.45, 7) is 0. The first kappa shape index (κ1) is 13.1. The first-order valence-electron chi connectivity index (χ1n) is 7.34. The molecule has 3 heteroatoms. The van der Waals surface area contributed by atoms with E-state index in [0.717, 1.165) is 31.2 Å². The van der Waals surface area contributed by atoms with Crippen LogP contribution in [0.1, 0.15) is 43.7 Å². The summed E-state index contributed by atoms with van der Waals surface area (Å²) in [5.74, 6) is 0.411. The third-order valence-corrected chi connectivity index (χ3v) is 4.29. The van der Waals surface area contributed by atoms with Crippen molar-refractivity contribution in [3.63, 3.8) is 0 Å². The lowest BCUT2D eigenvalue weighted by molar-refractivity contribution is -0.136. The molecule has 1 aromatic rings. The third kappa shape index (κ3) is 2.53. The summed E-state index contributed by atoms with van der Waals surface area (Å²) >= 11 is 0. The topological polar surface area (TPSA) is 37.4 Å². The smallest absolute Gasteiger partial charge is 0.230 e. The Balaban J connectivity index is 1.87. The van der Waals surface area contributed by atoms with Gasteiger partial charge in [-0.05, 0) is 24.5 Å². The molecule has 0 aromatic heterocycles. The van der Waals surface area contributed by atoms with Crippen molar-refractivity contribution in [2.75, 3.05) is 0 Å². The van der Waals surface area contributed by atoms with Gasteiger partial charge in [0, 0.05) is 18.5 Å². The Morgan fingerprint density at radius 3 is 2.50 bits per heavy atom. The second-order valence-electron chi connectivity index (χ2n) is 5.64. The molecular formula is C17H19NO2. The average molecular weight is 269 g/mol. The van der Waals surface area contributed by atoms with Gasteiger partial charge < -0.3 is 4.90 Å². The van der Waals surface area contributed by atoms with E-state index in [1.807, 2.05) is 30.3 Å². The van der Waals surface area contributed by atoms with Gasteiger partial charge in [0.25, 0.3) is 0 Å². The van der Waals surface area contributed by atoms with E-state index in [2.05, 4.69) is 0 Å². The van der Waals surface area contributed by atoms with Crippen molar-refractivity contribution in [2.45, 2.75) is 38.1 Å². The zero-order valence-corrected chi connectivity index (χ0v) is 11.5. The molecule has 20 heavy (non-hydrogen) atoms. The molecule has 0 spiro atoms. The van der Waals surface area contributed by atoms with Crippen LogP contribution in [0.2, 0.25) is 0 Å². The van der Waals surface area contributed by atoms with E-state index >= 15 is 0 Å². The maximum atomic E-state index is 12.7. The third-order valence-electron chi connectivity index (χ3n) is 4.29. The fourth-order valence-electron chi connectivity index (χ4n) is 3.19. The van der Waals surface area contributed by atoms with Crippen molar-refractivity contribution in [3.8, 4) is 0 Å². The molecule has 0 bridgehead atoms. The van der Waals surface area contributed by atoms with Gasteiger partial charge in [-0.1, -0.05) is 43.2 Å². The van der Waals surface area contributed by atoms with E-state index in [4.69, 9.17) is 0 Å². The minimum absolute atomic E-state index is 0.0920. The van der Waals surface area contributed by atoms with E-state index < -0.39 is 0 Å². The maximum absolute atomic E-state index is 12.7. The summed E-state index contributed by atoms with van der Waals surface area (Å²) in [4.78, 5) is 26.2. The number of ketones is 1.